The lowest BCUT2D eigenvalue weighted by Gasteiger charge is -2.22. The van der Waals surface area contributed by atoms with Crippen molar-refractivity contribution < 1.29 is 14.3 Å². The summed E-state index contributed by atoms with van der Waals surface area (Å²) in [5.74, 6) is 0.880. The Bertz CT molecular complexity index is 443. The second-order valence-electron chi connectivity index (χ2n) is 6.08. The molecule has 0 radical (unpaired) electrons. The molecule has 0 fully saturated rings. The van der Waals surface area contributed by atoms with Gasteiger partial charge in [-0.3, -0.25) is 0 Å². The summed E-state index contributed by atoms with van der Waals surface area (Å²) in [6, 6.07) is 5.89. The van der Waals surface area contributed by atoms with Crippen LogP contribution in [-0.2, 0) is 4.74 Å². The van der Waals surface area contributed by atoms with Gasteiger partial charge in [0, 0.05) is 0 Å². The third kappa shape index (κ3) is 5.51. The lowest BCUT2D eigenvalue weighted by molar-refractivity contribution is 0.0494. The molecule has 4 nitrogen and oxygen atoms in total. The van der Waals surface area contributed by atoms with Gasteiger partial charge in [-0.25, -0.2) is 4.79 Å². The summed E-state index contributed by atoms with van der Waals surface area (Å²) in [5, 5.41) is 2.76. The molecule has 0 saturated heterocycles. The van der Waals surface area contributed by atoms with Crippen molar-refractivity contribution in [2.75, 3.05) is 6.61 Å². The molecule has 1 N–H and O–H groups in total. The molecule has 0 unspecified atom stereocenters. The summed E-state index contributed by atoms with van der Waals surface area (Å²) < 4.78 is 11.0. The van der Waals surface area contributed by atoms with E-state index in [1.807, 2.05) is 59.7 Å². The number of para-hydroxylation sites is 1. The lowest BCUT2D eigenvalue weighted by atomic mass is 10.1. The normalized spacial score (nSPS) is 12.7. The smallest absolute Gasteiger partial charge is 0.407 e. The molecule has 4 heteroatoms. The average molecular weight is 279 g/mol. The second-order valence-corrected chi connectivity index (χ2v) is 6.08. The number of aryl methyl sites for hydroxylation is 2. The van der Waals surface area contributed by atoms with Gasteiger partial charge in [0.05, 0.1) is 6.04 Å². The van der Waals surface area contributed by atoms with Gasteiger partial charge < -0.3 is 14.8 Å². The first-order chi connectivity index (χ1) is 9.19. The topological polar surface area (TPSA) is 47.6 Å². The highest BCUT2D eigenvalue weighted by atomic mass is 16.6. The molecule has 1 aromatic rings. The zero-order chi connectivity index (χ0) is 15.3. The first-order valence-electron chi connectivity index (χ1n) is 6.87. The van der Waals surface area contributed by atoms with Crippen LogP contribution in [-0.4, -0.2) is 24.3 Å². The Labute approximate surface area is 121 Å². The Morgan fingerprint density at radius 3 is 2.30 bits per heavy atom. The Morgan fingerprint density at radius 2 is 1.80 bits per heavy atom. The average Bonchev–Trinajstić information content (AvgIpc) is 2.25. The molecule has 0 spiro atoms. The predicted octanol–water partition coefficient (Wildman–Crippen LogP) is 3.60. The van der Waals surface area contributed by atoms with Crippen molar-refractivity contribution in [2.24, 2.45) is 0 Å². The summed E-state index contributed by atoms with van der Waals surface area (Å²) in [4.78, 5) is 11.6. The maximum absolute atomic E-state index is 11.6. The van der Waals surface area contributed by atoms with E-state index in [4.69, 9.17) is 9.47 Å². The zero-order valence-electron chi connectivity index (χ0n) is 13.2. The van der Waals surface area contributed by atoms with E-state index >= 15 is 0 Å². The van der Waals surface area contributed by atoms with Crippen LogP contribution in [0.3, 0.4) is 0 Å². The molecule has 20 heavy (non-hydrogen) atoms. The van der Waals surface area contributed by atoms with E-state index in [0.29, 0.717) is 6.61 Å². The van der Waals surface area contributed by atoms with Crippen LogP contribution in [0, 0.1) is 13.8 Å². The lowest BCUT2D eigenvalue weighted by Crippen LogP contribution is -2.40. The van der Waals surface area contributed by atoms with E-state index in [2.05, 4.69) is 5.32 Å². The highest BCUT2D eigenvalue weighted by Gasteiger charge is 2.18. The molecule has 112 valence electrons. The van der Waals surface area contributed by atoms with Crippen molar-refractivity contribution in [3.8, 4) is 5.75 Å². The van der Waals surface area contributed by atoms with Crippen molar-refractivity contribution in [2.45, 2.75) is 53.2 Å². The number of nitrogens with one attached hydrogen (secondary N) is 1. The fraction of sp³-hybridized carbons (Fsp3) is 0.562. The van der Waals surface area contributed by atoms with Gasteiger partial charge in [0.25, 0.3) is 0 Å². The van der Waals surface area contributed by atoms with Crippen LogP contribution in [0.4, 0.5) is 4.79 Å². The molecule has 1 atom stereocenters. The number of hydrogen-bond donors (Lipinski definition) is 1. The van der Waals surface area contributed by atoms with Crippen LogP contribution in [0.1, 0.15) is 38.8 Å². The third-order valence-electron chi connectivity index (χ3n) is 2.65. The van der Waals surface area contributed by atoms with E-state index in [-0.39, 0.29) is 6.04 Å². The Morgan fingerprint density at radius 1 is 1.25 bits per heavy atom. The van der Waals surface area contributed by atoms with Gasteiger partial charge in [0.1, 0.15) is 18.0 Å². The molecule has 1 aromatic carbocycles. The maximum atomic E-state index is 11.6. The van der Waals surface area contributed by atoms with Gasteiger partial charge in [-0.05, 0) is 52.7 Å². The van der Waals surface area contributed by atoms with Crippen molar-refractivity contribution in [3.05, 3.63) is 29.3 Å². The van der Waals surface area contributed by atoms with Crippen molar-refractivity contribution in [1.82, 2.24) is 5.32 Å². The van der Waals surface area contributed by atoms with Gasteiger partial charge in [-0.1, -0.05) is 18.2 Å². The number of amides is 1. The van der Waals surface area contributed by atoms with E-state index in [0.717, 1.165) is 16.9 Å². The fourth-order valence-corrected chi connectivity index (χ4v) is 1.79. The number of rotatable bonds is 4. The zero-order valence-corrected chi connectivity index (χ0v) is 13.2. The quantitative estimate of drug-likeness (QED) is 0.916. The predicted molar refractivity (Wildman–Crippen MR) is 80.2 cm³/mol. The summed E-state index contributed by atoms with van der Waals surface area (Å²) in [6.07, 6.45) is -0.421. The van der Waals surface area contributed by atoms with E-state index in [1.165, 1.54) is 0 Å². The molecule has 0 heterocycles. The maximum Gasteiger partial charge on any atom is 0.407 e. The summed E-state index contributed by atoms with van der Waals surface area (Å²) >= 11 is 0. The largest absolute Gasteiger partial charge is 0.491 e. The first kappa shape index (κ1) is 16.3. The SMILES string of the molecule is Cc1cccc(C)c1OC[C@H](C)NC(=O)OC(C)(C)C. The van der Waals surface area contributed by atoms with Gasteiger partial charge in [-0.15, -0.1) is 0 Å². The molecule has 0 aromatic heterocycles. The molecule has 1 amide bonds. The van der Waals surface area contributed by atoms with Crippen LogP contribution >= 0.6 is 0 Å². The third-order valence-corrected chi connectivity index (χ3v) is 2.65. The molecule has 0 aliphatic carbocycles. The van der Waals surface area contributed by atoms with Crippen LogP contribution in [0.5, 0.6) is 5.75 Å². The van der Waals surface area contributed by atoms with Gasteiger partial charge in [0.15, 0.2) is 0 Å². The Balaban J connectivity index is 2.48. The molecular weight excluding hydrogens is 254 g/mol. The molecular formula is C16H25NO3. The summed E-state index contributed by atoms with van der Waals surface area (Å²) in [7, 11) is 0. The van der Waals surface area contributed by atoms with Crippen molar-refractivity contribution >= 4 is 6.09 Å². The number of carbonyl (C=O) groups excluding carboxylic acids is 1. The number of hydrogen-bond acceptors (Lipinski definition) is 3. The van der Waals surface area contributed by atoms with Crippen molar-refractivity contribution in [3.63, 3.8) is 0 Å². The highest BCUT2D eigenvalue weighted by molar-refractivity contribution is 5.68. The minimum absolute atomic E-state index is 0.121. The summed E-state index contributed by atoms with van der Waals surface area (Å²) in [6.45, 7) is 11.8. The second kappa shape index (κ2) is 6.64. The van der Waals surface area contributed by atoms with Gasteiger partial charge in [-0.2, -0.15) is 0 Å². The molecule has 0 bridgehead atoms. The Hall–Kier alpha value is -1.71. The Kier molecular flexibility index (Phi) is 5.43. The van der Waals surface area contributed by atoms with Gasteiger partial charge >= 0.3 is 6.09 Å². The molecule has 0 aliphatic heterocycles. The van der Waals surface area contributed by atoms with E-state index in [9.17, 15) is 4.79 Å². The van der Waals surface area contributed by atoms with E-state index in [1.54, 1.807) is 0 Å². The number of benzene rings is 1. The minimum Gasteiger partial charge on any atom is -0.491 e. The number of carbonyl (C=O) groups is 1. The van der Waals surface area contributed by atoms with Crippen LogP contribution in [0.25, 0.3) is 0 Å². The minimum atomic E-state index is -0.489. The number of ether oxygens (including phenoxy) is 2. The number of alkyl carbamates (subject to hydrolysis) is 1. The highest BCUT2D eigenvalue weighted by Crippen LogP contribution is 2.22. The monoisotopic (exact) mass is 279 g/mol. The van der Waals surface area contributed by atoms with Crippen LogP contribution in [0.2, 0.25) is 0 Å². The first-order valence-corrected chi connectivity index (χ1v) is 6.87. The molecule has 0 saturated carbocycles. The standard InChI is InChI=1S/C16H25NO3/c1-11-8-7-9-12(2)14(11)19-10-13(3)17-15(18)20-16(4,5)6/h7-9,13H,10H2,1-6H3,(H,17,18)/t13-/m0/s1. The van der Waals surface area contributed by atoms with Gasteiger partial charge in [0.2, 0.25) is 0 Å². The fourth-order valence-electron chi connectivity index (χ4n) is 1.79. The van der Waals surface area contributed by atoms with Crippen molar-refractivity contribution in [1.29, 1.82) is 0 Å². The van der Waals surface area contributed by atoms with E-state index < -0.39 is 11.7 Å². The molecule has 1 rings (SSSR count). The summed E-state index contributed by atoms with van der Waals surface area (Å²) in [5.41, 5.74) is 1.70. The van der Waals surface area contributed by atoms with Crippen LogP contribution in [0.15, 0.2) is 18.2 Å². The van der Waals surface area contributed by atoms with Crippen LogP contribution < -0.4 is 10.1 Å². The molecule has 0 aliphatic rings.